The van der Waals surface area contributed by atoms with Crippen molar-refractivity contribution in [3.63, 3.8) is 0 Å². The molecule has 4 rings (SSSR count). The van der Waals surface area contributed by atoms with E-state index in [0.29, 0.717) is 11.3 Å². The molecule has 0 aliphatic heterocycles. The molecule has 0 aliphatic rings. The lowest BCUT2D eigenvalue weighted by Crippen LogP contribution is -2.12. The number of benzene rings is 3. The topological polar surface area (TPSA) is 68.5 Å². The molecule has 0 saturated heterocycles. The van der Waals surface area contributed by atoms with Crippen molar-refractivity contribution >= 4 is 50.9 Å². The second-order valence-corrected chi connectivity index (χ2v) is 6.36. The molecule has 0 saturated carbocycles. The van der Waals surface area contributed by atoms with Crippen LogP contribution in [-0.2, 0) is 4.74 Å². The van der Waals surface area contributed by atoms with Gasteiger partial charge < -0.3 is 14.5 Å². The van der Waals surface area contributed by atoms with Crippen molar-refractivity contribution in [3.05, 3.63) is 77.0 Å². The fourth-order valence-corrected chi connectivity index (χ4v) is 3.16. The zero-order valence-corrected chi connectivity index (χ0v) is 15.0. The molecule has 5 nitrogen and oxygen atoms in total. The lowest BCUT2D eigenvalue weighted by molar-refractivity contribution is 0.0600. The fraction of sp³-hybridized carbons (Fsp3) is 0.0476. The molecule has 4 aromatic rings. The van der Waals surface area contributed by atoms with E-state index >= 15 is 0 Å². The number of hydrogen-bond acceptors (Lipinski definition) is 4. The maximum absolute atomic E-state index is 12.6. The van der Waals surface area contributed by atoms with E-state index in [1.165, 1.54) is 19.2 Å². The van der Waals surface area contributed by atoms with Gasteiger partial charge in [0.1, 0.15) is 5.58 Å². The molecule has 0 spiro atoms. The molecular weight excluding hydrogens is 366 g/mol. The lowest BCUT2D eigenvalue weighted by atomic mass is 10.1. The molecule has 3 aromatic carbocycles. The summed E-state index contributed by atoms with van der Waals surface area (Å²) in [6.07, 6.45) is 0. The summed E-state index contributed by atoms with van der Waals surface area (Å²) in [6, 6.07) is 18.0. The maximum atomic E-state index is 12.6. The van der Waals surface area contributed by atoms with Crippen molar-refractivity contribution in [2.24, 2.45) is 0 Å². The van der Waals surface area contributed by atoms with E-state index in [4.69, 9.17) is 16.0 Å². The van der Waals surface area contributed by atoms with Gasteiger partial charge in [-0.3, -0.25) is 4.79 Å². The summed E-state index contributed by atoms with van der Waals surface area (Å²) in [5.41, 5.74) is 1.22. The Morgan fingerprint density at radius 3 is 2.63 bits per heavy atom. The molecule has 1 amide bonds. The monoisotopic (exact) mass is 379 g/mol. The molecule has 0 aliphatic carbocycles. The second-order valence-electron chi connectivity index (χ2n) is 5.95. The Bertz CT molecular complexity index is 1200. The summed E-state index contributed by atoms with van der Waals surface area (Å²) in [4.78, 5) is 24.3. The number of hydrogen-bond donors (Lipinski definition) is 1. The average molecular weight is 380 g/mol. The van der Waals surface area contributed by atoms with Crippen LogP contribution in [0.25, 0.3) is 21.7 Å². The second kappa shape index (κ2) is 6.78. The molecule has 0 unspecified atom stereocenters. The van der Waals surface area contributed by atoms with Crippen molar-refractivity contribution in [1.29, 1.82) is 0 Å². The highest BCUT2D eigenvalue weighted by atomic mass is 35.5. The fourth-order valence-electron chi connectivity index (χ4n) is 2.97. The molecule has 0 radical (unpaired) electrons. The first-order valence-electron chi connectivity index (χ1n) is 8.17. The predicted molar refractivity (Wildman–Crippen MR) is 104 cm³/mol. The van der Waals surface area contributed by atoms with Gasteiger partial charge in [-0.1, -0.05) is 41.9 Å². The molecule has 1 N–H and O–H groups in total. The number of ether oxygens (including phenoxy) is 1. The molecule has 0 bridgehead atoms. The SMILES string of the molecule is COC(=O)c1cc(NC(=O)c2cc3c(ccc4ccccc43)o2)ccc1Cl. The Morgan fingerprint density at radius 2 is 1.81 bits per heavy atom. The van der Waals surface area contributed by atoms with Gasteiger partial charge in [-0.25, -0.2) is 4.79 Å². The molecule has 0 atom stereocenters. The highest BCUT2D eigenvalue weighted by Gasteiger charge is 2.16. The Balaban J connectivity index is 1.67. The van der Waals surface area contributed by atoms with Gasteiger partial charge in [-0.15, -0.1) is 0 Å². The largest absolute Gasteiger partial charge is 0.465 e. The molecule has 1 aromatic heterocycles. The zero-order chi connectivity index (χ0) is 19.0. The first-order valence-corrected chi connectivity index (χ1v) is 8.55. The third-order valence-corrected chi connectivity index (χ3v) is 4.61. The smallest absolute Gasteiger partial charge is 0.339 e. The molecule has 134 valence electrons. The molecular formula is C21H14ClNO4. The third kappa shape index (κ3) is 3.13. The van der Waals surface area contributed by atoms with E-state index in [2.05, 4.69) is 10.1 Å². The Hall–Kier alpha value is -3.31. The molecule has 27 heavy (non-hydrogen) atoms. The Labute approximate surface area is 159 Å². The minimum Gasteiger partial charge on any atom is -0.465 e. The summed E-state index contributed by atoms with van der Waals surface area (Å²) in [6.45, 7) is 0. The van der Waals surface area contributed by atoms with E-state index in [0.717, 1.165) is 16.2 Å². The van der Waals surface area contributed by atoms with Crippen LogP contribution in [0.4, 0.5) is 5.69 Å². The first-order chi connectivity index (χ1) is 13.1. The minimum atomic E-state index is -0.577. The van der Waals surface area contributed by atoms with Gasteiger partial charge >= 0.3 is 5.97 Å². The van der Waals surface area contributed by atoms with E-state index in [1.54, 1.807) is 12.1 Å². The number of methoxy groups -OCH3 is 1. The van der Waals surface area contributed by atoms with Crippen LogP contribution >= 0.6 is 11.6 Å². The van der Waals surface area contributed by atoms with Gasteiger partial charge in [0.15, 0.2) is 5.76 Å². The van der Waals surface area contributed by atoms with Crippen molar-refractivity contribution in [2.45, 2.75) is 0 Å². The van der Waals surface area contributed by atoms with Crippen LogP contribution in [-0.4, -0.2) is 19.0 Å². The van der Waals surface area contributed by atoms with Crippen LogP contribution in [0.2, 0.25) is 5.02 Å². The zero-order valence-electron chi connectivity index (χ0n) is 14.3. The predicted octanol–water partition coefficient (Wildman–Crippen LogP) is 5.28. The van der Waals surface area contributed by atoms with Gasteiger partial charge in [-0.2, -0.15) is 0 Å². The number of carbonyl (C=O) groups is 2. The Kier molecular flexibility index (Phi) is 4.30. The van der Waals surface area contributed by atoms with E-state index in [9.17, 15) is 9.59 Å². The number of anilines is 1. The van der Waals surface area contributed by atoms with Crippen molar-refractivity contribution in [2.75, 3.05) is 12.4 Å². The number of carbonyl (C=O) groups excluding carboxylic acids is 2. The van der Waals surface area contributed by atoms with Gasteiger partial charge in [0.25, 0.3) is 5.91 Å². The average Bonchev–Trinajstić information content (AvgIpc) is 3.14. The highest BCUT2D eigenvalue weighted by Crippen LogP contribution is 2.29. The molecule has 1 heterocycles. The lowest BCUT2D eigenvalue weighted by Gasteiger charge is -2.07. The summed E-state index contributed by atoms with van der Waals surface area (Å²) in [5, 5.41) is 5.90. The van der Waals surface area contributed by atoms with E-state index in [1.807, 2.05) is 36.4 Å². The normalized spacial score (nSPS) is 10.9. The van der Waals surface area contributed by atoms with Crippen LogP contribution in [0.15, 0.2) is 65.1 Å². The van der Waals surface area contributed by atoms with Gasteiger partial charge in [0.05, 0.1) is 17.7 Å². The molecule has 0 fully saturated rings. The minimum absolute atomic E-state index is 0.174. The number of esters is 1. The third-order valence-electron chi connectivity index (χ3n) is 4.28. The van der Waals surface area contributed by atoms with E-state index < -0.39 is 11.9 Å². The van der Waals surface area contributed by atoms with Crippen LogP contribution in [0.1, 0.15) is 20.9 Å². The van der Waals surface area contributed by atoms with Gasteiger partial charge in [0.2, 0.25) is 0 Å². The number of amides is 1. The quantitative estimate of drug-likeness (QED) is 0.492. The first kappa shape index (κ1) is 17.1. The molecule has 6 heteroatoms. The van der Waals surface area contributed by atoms with Crippen LogP contribution in [0, 0.1) is 0 Å². The van der Waals surface area contributed by atoms with E-state index in [-0.39, 0.29) is 16.3 Å². The maximum Gasteiger partial charge on any atom is 0.339 e. The highest BCUT2D eigenvalue weighted by molar-refractivity contribution is 6.33. The number of furan rings is 1. The van der Waals surface area contributed by atoms with Crippen molar-refractivity contribution < 1.29 is 18.7 Å². The van der Waals surface area contributed by atoms with Crippen LogP contribution in [0.3, 0.4) is 0 Å². The number of nitrogens with one attached hydrogen (secondary N) is 1. The summed E-state index contributed by atoms with van der Waals surface area (Å²) in [5.74, 6) is -0.823. The number of halogens is 1. The summed E-state index contributed by atoms with van der Waals surface area (Å²) in [7, 11) is 1.27. The summed E-state index contributed by atoms with van der Waals surface area (Å²) >= 11 is 6.00. The summed E-state index contributed by atoms with van der Waals surface area (Å²) < 4.78 is 10.4. The van der Waals surface area contributed by atoms with Crippen molar-refractivity contribution in [3.8, 4) is 0 Å². The van der Waals surface area contributed by atoms with Crippen LogP contribution in [0.5, 0.6) is 0 Å². The van der Waals surface area contributed by atoms with Gasteiger partial charge in [0, 0.05) is 11.1 Å². The standard InChI is InChI=1S/C21H14ClNO4/c1-26-21(25)16-10-13(7-8-17(16)22)23-20(24)19-11-15-14-5-3-2-4-12(14)6-9-18(15)27-19/h2-11H,1H3,(H,23,24). The number of rotatable bonds is 3. The number of fused-ring (bicyclic) bond motifs is 3. The van der Waals surface area contributed by atoms with Crippen LogP contribution < -0.4 is 5.32 Å². The Morgan fingerprint density at radius 1 is 1.00 bits per heavy atom. The van der Waals surface area contributed by atoms with Crippen molar-refractivity contribution in [1.82, 2.24) is 0 Å². The van der Waals surface area contributed by atoms with Gasteiger partial charge in [-0.05, 0) is 41.1 Å².